The minimum absolute atomic E-state index is 0.282. The summed E-state index contributed by atoms with van der Waals surface area (Å²) in [4.78, 5) is 0. The molecule has 0 spiro atoms. The Morgan fingerprint density at radius 2 is 2.07 bits per heavy atom. The van der Waals surface area contributed by atoms with E-state index in [-0.39, 0.29) is 11.9 Å². The third-order valence-corrected chi connectivity index (χ3v) is 2.60. The predicted molar refractivity (Wildman–Crippen MR) is 63.9 cm³/mol. The van der Waals surface area contributed by atoms with Crippen LogP contribution < -0.4 is 11.5 Å². The van der Waals surface area contributed by atoms with E-state index in [9.17, 15) is 4.39 Å². The minimum Gasteiger partial charge on any atom is -0.325 e. The van der Waals surface area contributed by atoms with Crippen LogP contribution in [0.25, 0.3) is 0 Å². The smallest absolute Gasteiger partial charge is 0.128 e. The molecule has 0 fully saturated rings. The monoisotopic (exact) mass is 274 g/mol. The molecular weight excluding hydrogens is 259 g/mol. The summed E-state index contributed by atoms with van der Waals surface area (Å²) in [6, 6.07) is 4.38. The molecule has 0 saturated carbocycles. The molecule has 0 bridgehead atoms. The molecule has 0 radical (unpaired) electrons. The highest BCUT2D eigenvalue weighted by atomic mass is 79.9. The van der Waals surface area contributed by atoms with Crippen molar-refractivity contribution in [1.29, 1.82) is 0 Å². The highest BCUT2D eigenvalue weighted by Crippen LogP contribution is 2.25. The van der Waals surface area contributed by atoms with Crippen LogP contribution >= 0.6 is 15.9 Å². The summed E-state index contributed by atoms with van der Waals surface area (Å²) in [6.45, 7) is 3.76. The van der Waals surface area contributed by atoms with Crippen LogP contribution in [-0.2, 0) is 0 Å². The molecule has 0 aliphatic heterocycles. The Morgan fingerprint density at radius 1 is 1.47 bits per heavy atom. The summed E-state index contributed by atoms with van der Waals surface area (Å²) in [5.41, 5.74) is 11.9. The lowest BCUT2D eigenvalue weighted by atomic mass is 9.92. The lowest BCUT2D eigenvalue weighted by Gasteiger charge is -2.23. The van der Waals surface area contributed by atoms with E-state index in [1.807, 2.05) is 13.8 Å². The van der Waals surface area contributed by atoms with Gasteiger partial charge >= 0.3 is 0 Å². The van der Waals surface area contributed by atoms with Gasteiger partial charge in [0.05, 0.1) is 0 Å². The lowest BCUT2D eigenvalue weighted by Crippen LogP contribution is -2.36. The van der Waals surface area contributed by atoms with Crippen LogP contribution in [0.3, 0.4) is 0 Å². The SMILES string of the molecule is CC(C)(N)CC(N)c1cc(Br)ccc1F. The van der Waals surface area contributed by atoms with Gasteiger partial charge in [-0.05, 0) is 38.5 Å². The first kappa shape index (κ1) is 12.6. The van der Waals surface area contributed by atoms with Gasteiger partial charge in [0.2, 0.25) is 0 Å². The van der Waals surface area contributed by atoms with Crippen molar-refractivity contribution in [2.45, 2.75) is 31.8 Å². The first-order chi connectivity index (χ1) is 6.79. The van der Waals surface area contributed by atoms with Crippen LogP contribution in [0.1, 0.15) is 31.9 Å². The van der Waals surface area contributed by atoms with Crippen molar-refractivity contribution in [3.05, 3.63) is 34.1 Å². The second-order valence-electron chi connectivity index (χ2n) is 4.47. The minimum atomic E-state index is -0.395. The van der Waals surface area contributed by atoms with Gasteiger partial charge in [-0.1, -0.05) is 15.9 Å². The molecule has 0 amide bonds. The highest BCUT2D eigenvalue weighted by Gasteiger charge is 2.19. The van der Waals surface area contributed by atoms with Crippen LogP contribution in [0.15, 0.2) is 22.7 Å². The standard InChI is InChI=1S/C11H16BrFN2/c1-11(2,15)6-10(14)8-5-7(12)3-4-9(8)13/h3-5,10H,6,14-15H2,1-2H3. The zero-order valence-corrected chi connectivity index (χ0v) is 10.5. The fraction of sp³-hybridized carbons (Fsp3) is 0.455. The van der Waals surface area contributed by atoms with Gasteiger partial charge < -0.3 is 11.5 Å². The van der Waals surface area contributed by atoms with Gasteiger partial charge in [0.15, 0.2) is 0 Å². The molecular formula is C11H16BrFN2. The van der Waals surface area contributed by atoms with E-state index in [2.05, 4.69) is 15.9 Å². The number of hydrogen-bond acceptors (Lipinski definition) is 2. The van der Waals surface area contributed by atoms with Crippen LogP contribution in [0, 0.1) is 5.82 Å². The van der Waals surface area contributed by atoms with Gasteiger partial charge in [-0.25, -0.2) is 4.39 Å². The van der Waals surface area contributed by atoms with Crippen LogP contribution in [0.2, 0.25) is 0 Å². The number of benzene rings is 1. The van der Waals surface area contributed by atoms with Gasteiger partial charge in [0.25, 0.3) is 0 Å². The maximum absolute atomic E-state index is 13.5. The molecule has 0 aliphatic carbocycles. The van der Waals surface area contributed by atoms with E-state index in [1.165, 1.54) is 6.07 Å². The van der Waals surface area contributed by atoms with Gasteiger partial charge in [0.1, 0.15) is 5.82 Å². The number of halogens is 2. The number of rotatable bonds is 3. The van der Waals surface area contributed by atoms with Crippen molar-refractivity contribution in [3.8, 4) is 0 Å². The van der Waals surface area contributed by atoms with Crippen molar-refractivity contribution in [2.75, 3.05) is 0 Å². The Bertz CT molecular complexity index is 347. The normalized spacial score (nSPS) is 14.0. The van der Waals surface area contributed by atoms with E-state index in [0.717, 1.165) is 4.47 Å². The summed E-state index contributed by atoms with van der Waals surface area (Å²) in [7, 11) is 0. The maximum atomic E-state index is 13.5. The van der Waals surface area contributed by atoms with Crippen molar-refractivity contribution >= 4 is 15.9 Å². The average Bonchev–Trinajstić information content (AvgIpc) is 2.06. The number of hydrogen-bond donors (Lipinski definition) is 2. The molecule has 1 unspecified atom stereocenters. The molecule has 0 aromatic heterocycles. The summed E-state index contributed by atoms with van der Waals surface area (Å²) >= 11 is 3.29. The number of nitrogens with two attached hydrogens (primary N) is 2. The Kier molecular flexibility index (Phi) is 3.87. The zero-order chi connectivity index (χ0) is 11.6. The Labute approximate surface area is 98.0 Å². The molecule has 1 rings (SSSR count). The highest BCUT2D eigenvalue weighted by molar-refractivity contribution is 9.10. The second-order valence-corrected chi connectivity index (χ2v) is 5.38. The van der Waals surface area contributed by atoms with E-state index in [1.54, 1.807) is 12.1 Å². The van der Waals surface area contributed by atoms with Crippen LogP contribution in [0.5, 0.6) is 0 Å². The molecule has 4 heteroatoms. The van der Waals surface area contributed by atoms with Crippen molar-refractivity contribution in [3.63, 3.8) is 0 Å². The molecule has 0 saturated heterocycles. The topological polar surface area (TPSA) is 52.0 Å². The Balaban J connectivity index is 2.90. The van der Waals surface area contributed by atoms with Crippen LogP contribution in [0.4, 0.5) is 4.39 Å². The third-order valence-electron chi connectivity index (χ3n) is 2.10. The molecule has 84 valence electrons. The van der Waals surface area contributed by atoms with Gasteiger partial charge in [0, 0.05) is 21.6 Å². The van der Waals surface area contributed by atoms with Crippen LogP contribution in [-0.4, -0.2) is 5.54 Å². The molecule has 4 N–H and O–H groups in total. The largest absolute Gasteiger partial charge is 0.325 e. The summed E-state index contributed by atoms with van der Waals surface area (Å²) in [5.74, 6) is -0.282. The van der Waals surface area contributed by atoms with Crippen molar-refractivity contribution in [2.24, 2.45) is 11.5 Å². The van der Waals surface area contributed by atoms with E-state index in [4.69, 9.17) is 11.5 Å². The molecule has 2 nitrogen and oxygen atoms in total. The maximum Gasteiger partial charge on any atom is 0.128 e. The molecule has 0 heterocycles. The molecule has 1 atom stereocenters. The van der Waals surface area contributed by atoms with E-state index >= 15 is 0 Å². The Hall–Kier alpha value is -0.450. The summed E-state index contributed by atoms with van der Waals surface area (Å²) in [5, 5.41) is 0. The van der Waals surface area contributed by atoms with Gasteiger partial charge in [-0.2, -0.15) is 0 Å². The van der Waals surface area contributed by atoms with Crippen molar-refractivity contribution < 1.29 is 4.39 Å². The fourth-order valence-electron chi connectivity index (χ4n) is 1.48. The fourth-order valence-corrected chi connectivity index (χ4v) is 1.85. The molecule has 0 aliphatic rings. The summed E-state index contributed by atoms with van der Waals surface area (Å²) in [6.07, 6.45) is 0.542. The molecule has 15 heavy (non-hydrogen) atoms. The Morgan fingerprint density at radius 3 is 2.60 bits per heavy atom. The second kappa shape index (κ2) is 4.60. The third kappa shape index (κ3) is 3.89. The quantitative estimate of drug-likeness (QED) is 0.891. The molecule has 1 aromatic carbocycles. The van der Waals surface area contributed by atoms with Crippen molar-refractivity contribution in [1.82, 2.24) is 0 Å². The average molecular weight is 275 g/mol. The lowest BCUT2D eigenvalue weighted by molar-refractivity contribution is 0.420. The predicted octanol–water partition coefficient (Wildman–Crippen LogP) is 2.72. The van der Waals surface area contributed by atoms with Gasteiger partial charge in [-0.15, -0.1) is 0 Å². The van der Waals surface area contributed by atoms with E-state index in [0.29, 0.717) is 12.0 Å². The first-order valence-corrected chi connectivity index (χ1v) is 5.58. The van der Waals surface area contributed by atoms with Gasteiger partial charge in [-0.3, -0.25) is 0 Å². The zero-order valence-electron chi connectivity index (χ0n) is 8.93. The summed E-state index contributed by atoms with van der Waals surface area (Å²) < 4.78 is 14.3. The van der Waals surface area contributed by atoms with E-state index < -0.39 is 5.54 Å². The molecule has 1 aromatic rings. The first-order valence-electron chi connectivity index (χ1n) is 4.79.